The number of imidazole rings is 1. The molecule has 6 heteroatoms. The topological polar surface area (TPSA) is 39.1 Å². The molecule has 0 unspecified atom stereocenters. The molecule has 102 valence electrons. The van der Waals surface area contributed by atoms with Gasteiger partial charge in [0.15, 0.2) is 0 Å². The first-order valence-corrected chi connectivity index (χ1v) is 5.86. The fraction of sp³-hybridized carbons (Fsp3) is 0.308. The summed E-state index contributed by atoms with van der Waals surface area (Å²) in [6, 6.07) is 6.74. The third-order valence-electron chi connectivity index (χ3n) is 2.71. The molecule has 1 aromatic heterocycles. The van der Waals surface area contributed by atoms with Gasteiger partial charge in [0.05, 0.1) is 6.54 Å². The largest absolute Gasteiger partial charge is 0.434 e. The first-order valence-electron chi connectivity index (χ1n) is 5.86. The van der Waals surface area contributed by atoms with Crippen molar-refractivity contribution in [2.75, 3.05) is 0 Å². The zero-order valence-corrected chi connectivity index (χ0v) is 10.5. The molecule has 0 atom stereocenters. The number of halogens is 2. The van der Waals surface area contributed by atoms with Crippen LogP contribution >= 0.6 is 0 Å². The highest BCUT2D eigenvalue weighted by molar-refractivity contribution is 5.33. The standard InChI is InChI=1S/C13H15F2N3O/c1-18-7-6-17-12(18)9-16-8-10-4-2-3-5-11(10)19-13(14)15/h2-7,13,16H,8-9H2,1H3. The van der Waals surface area contributed by atoms with Crippen molar-refractivity contribution < 1.29 is 13.5 Å². The molecular weight excluding hydrogens is 252 g/mol. The van der Waals surface area contributed by atoms with E-state index >= 15 is 0 Å². The monoisotopic (exact) mass is 267 g/mol. The van der Waals surface area contributed by atoms with E-state index in [1.165, 1.54) is 6.07 Å². The number of para-hydroxylation sites is 1. The van der Waals surface area contributed by atoms with Gasteiger partial charge in [0, 0.05) is 31.5 Å². The molecule has 0 bridgehead atoms. The number of nitrogens with zero attached hydrogens (tertiary/aromatic N) is 2. The zero-order valence-electron chi connectivity index (χ0n) is 10.5. The molecule has 2 aromatic rings. The number of nitrogens with one attached hydrogen (secondary N) is 1. The van der Waals surface area contributed by atoms with E-state index in [1.54, 1.807) is 24.4 Å². The number of alkyl halides is 2. The van der Waals surface area contributed by atoms with Crippen molar-refractivity contribution in [3.05, 3.63) is 48.0 Å². The zero-order chi connectivity index (χ0) is 13.7. The average Bonchev–Trinajstić information content (AvgIpc) is 2.77. The number of hydrogen-bond acceptors (Lipinski definition) is 3. The summed E-state index contributed by atoms with van der Waals surface area (Å²) in [7, 11) is 1.90. The Morgan fingerprint density at radius 2 is 2.11 bits per heavy atom. The quantitative estimate of drug-likeness (QED) is 0.873. The van der Waals surface area contributed by atoms with Crippen molar-refractivity contribution in [2.45, 2.75) is 19.7 Å². The van der Waals surface area contributed by atoms with Gasteiger partial charge in [-0.2, -0.15) is 8.78 Å². The van der Waals surface area contributed by atoms with Crippen LogP contribution in [0.3, 0.4) is 0 Å². The second-order valence-corrected chi connectivity index (χ2v) is 4.04. The van der Waals surface area contributed by atoms with Gasteiger partial charge in [-0.15, -0.1) is 0 Å². The number of aromatic nitrogens is 2. The van der Waals surface area contributed by atoms with E-state index in [0.29, 0.717) is 18.7 Å². The maximum Gasteiger partial charge on any atom is 0.387 e. The van der Waals surface area contributed by atoms with Crippen LogP contribution in [0.5, 0.6) is 5.75 Å². The molecular formula is C13H15F2N3O. The summed E-state index contributed by atoms with van der Waals surface area (Å²) in [6.45, 7) is -1.81. The lowest BCUT2D eigenvalue weighted by Crippen LogP contribution is -2.16. The first kappa shape index (κ1) is 13.5. The summed E-state index contributed by atoms with van der Waals surface area (Å²) in [4.78, 5) is 4.17. The van der Waals surface area contributed by atoms with Crippen LogP contribution in [-0.2, 0) is 20.1 Å². The van der Waals surface area contributed by atoms with Gasteiger partial charge in [0.2, 0.25) is 0 Å². The molecule has 1 aromatic carbocycles. The number of aryl methyl sites for hydroxylation is 1. The molecule has 0 fully saturated rings. The molecule has 0 amide bonds. The van der Waals surface area contributed by atoms with Gasteiger partial charge >= 0.3 is 6.61 Å². The molecule has 1 heterocycles. The van der Waals surface area contributed by atoms with Crippen molar-refractivity contribution in [1.82, 2.24) is 14.9 Å². The predicted molar refractivity (Wildman–Crippen MR) is 66.8 cm³/mol. The smallest absolute Gasteiger partial charge is 0.387 e. The van der Waals surface area contributed by atoms with Crippen LogP contribution in [-0.4, -0.2) is 16.2 Å². The SMILES string of the molecule is Cn1ccnc1CNCc1ccccc1OC(F)F. The Hall–Kier alpha value is -1.95. The van der Waals surface area contributed by atoms with E-state index in [9.17, 15) is 8.78 Å². The highest BCUT2D eigenvalue weighted by atomic mass is 19.3. The molecule has 0 spiro atoms. The Morgan fingerprint density at radius 1 is 1.32 bits per heavy atom. The Kier molecular flexibility index (Phi) is 4.46. The van der Waals surface area contributed by atoms with Gasteiger partial charge in [-0.1, -0.05) is 18.2 Å². The Bertz CT molecular complexity index is 528. The highest BCUT2D eigenvalue weighted by Gasteiger charge is 2.08. The van der Waals surface area contributed by atoms with Crippen molar-refractivity contribution in [1.29, 1.82) is 0 Å². The third-order valence-corrected chi connectivity index (χ3v) is 2.71. The summed E-state index contributed by atoms with van der Waals surface area (Å²) in [5.41, 5.74) is 0.692. The molecule has 0 radical (unpaired) electrons. The minimum absolute atomic E-state index is 0.199. The summed E-state index contributed by atoms with van der Waals surface area (Å²) in [5, 5.41) is 3.15. The van der Waals surface area contributed by atoms with Crippen molar-refractivity contribution >= 4 is 0 Å². The maximum absolute atomic E-state index is 12.2. The second-order valence-electron chi connectivity index (χ2n) is 4.04. The van der Waals surface area contributed by atoms with E-state index in [4.69, 9.17) is 0 Å². The second kappa shape index (κ2) is 6.29. The number of benzene rings is 1. The van der Waals surface area contributed by atoms with Crippen LogP contribution in [0.15, 0.2) is 36.7 Å². The van der Waals surface area contributed by atoms with Crippen molar-refractivity contribution in [3.63, 3.8) is 0 Å². The van der Waals surface area contributed by atoms with Crippen LogP contribution in [0.1, 0.15) is 11.4 Å². The Morgan fingerprint density at radius 3 is 2.79 bits per heavy atom. The van der Waals surface area contributed by atoms with Gasteiger partial charge in [0.25, 0.3) is 0 Å². The minimum Gasteiger partial charge on any atom is -0.434 e. The first-order chi connectivity index (χ1) is 9.16. The lowest BCUT2D eigenvalue weighted by Gasteiger charge is -2.11. The fourth-order valence-electron chi connectivity index (χ4n) is 1.74. The molecule has 0 saturated heterocycles. The van der Waals surface area contributed by atoms with Gasteiger partial charge in [-0.05, 0) is 6.07 Å². The molecule has 0 aliphatic carbocycles. The van der Waals surface area contributed by atoms with Crippen LogP contribution in [0.25, 0.3) is 0 Å². The minimum atomic E-state index is -2.81. The lowest BCUT2D eigenvalue weighted by atomic mass is 10.2. The maximum atomic E-state index is 12.2. The summed E-state index contributed by atoms with van der Waals surface area (Å²) < 4.78 is 30.8. The van der Waals surface area contributed by atoms with Crippen molar-refractivity contribution in [3.8, 4) is 5.75 Å². The van der Waals surface area contributed by atoms with Crippen LogP contribution in [0.2, 0.25) is 0 Å². The summed E-state index contributed by atoms with van der Waals surface area (Å²) in [6.07, 6.45) is 3.57. The third kappa shape index (κ3) is 3.75. The van der Waals surface area contributed by atoms with Gasteiger partial charge in [0.1, 0.15) is 11.6 Å². The van der Waals surface area contributed by atoms with Crippen molar-refractivity contribution in [2.24, 2.45) is 7.05 Å². The van der Waals surface area contributed by atoms with E-state index in [2.05, 4.69) is 15.0 Å². The van der Waals surface area contributed by atoms with Crippen LogP contribution in [0, 0.1) is 0 Å². The molecule has 0 saturated carbocycles. The van der Waals surface area contributed by atoms with E-state index in [1.807, 2.05) is 17.8 Å². The average molecular weight is 267 g/mol. The Labute approximate surface area is 110 Å². The molecule has 4 nitrogen and oxygen atoms in total. The van der Waals surface area contributed by atoms with E-state index in [0.717, 1.165) is 5.82 Å². The number of hydrogen-bond donors (Lipinski definition) is 1. The molecule has 0 aliphatic heterocycles. The van der Waals surface area contributed by atoms with E-state index in [-0.39, 0.29) is 5.75 Å². The van der Waals surface area contributed by atoms with Crippen LogP contribution < -0.4 is 10.1 Å². The molecule has 19 heavy (non-hydrogen) atoms. The normalized spacial score (nSPS) is 10.9. The highest BCUT2D eigenvalue weighted by Crippen LogP contribution is 2.19. The predicted octanol–water partition coefficient (Wildman–Crippen LogP) is 2.31. The fourth-order valence-corrected chi connectivity index (χ4v) is 1.74. The lowest BCUT2D eigenvalue weighted by molar-refractivity contribution is -0.0505. The van der Waals surface area contributed by atoms with Crippen LogP contribution in [0.4, 0.5) is 8.78 Å². The van der Waals surface area contributed by atoms with E-state index < -0.39 is 6.61 Å². The van der Waals surface area contributed by atoms with Gasteiger partial charge in [-0.3, -0.25) is 0 Å². The summed E-state index contributed by atoms with van der Waals surface area (Å²) >= 11 is 0. The van der Waals surface area contributed by atoms with Gasteiger partial charge < -0.3 is 14.6 Å². The number of rotatable bonds is 6. The van der Waals surface area contributed by atoms with Gasteiger partial charge in [-0.25, -0.2) is 4.98 Å². The molecule has 0 aliphatic rings. The number of ether oxygens (including phenoxy) is 1. The Balaban J connectivity index is 1.94. The summed E-state index contributed by atoms with van der Waals surface area (Å²) in [5.74, 6) is 1.08. The molecule has 1 N–H and O–H groups in total. The molecule has 2 rings (SSSR count).